The fourth-order valence-corrected chi connectivity index (χ4v) is 0.505. The standard InChI is InChI=1S/C6H7BN2/c1-4-3-8-5(2)9-6(4)7/h3H,1-2H3/i3D. The van der Waals surface area contributed by atoms with Gasteiger partial charge in [0.15, 0.2) is 0 Å². The molecule has 9 heavy (non-hydrogen) atoms. The smallest absolute Gasteiger partial charge is 0.142 e. The van der Waals surface area contributed by atoms with Gasteiger partial charge >= 0.3 is 0 Å². The molecule has 1 heterocycles. The lowest BCUT2D eigenvalue weighted by molar-refractivity contribution is 1.06. The molecule has 0 bridgehead atoms. The lowest BCUT2D eigenvalue weighted by atomic mass is 10.00. The maximum Gasteiger partial charge on any atom is 0.142 e. The fourth-order valence-electron chi connectivity index (χ4n) is 0.505. The molecule has 0 saturated carbocycles. The van der Waals surface area contributed by atoms with Crippen LogP contribution in [0.15, 0.2) is 6.17 Å². The van der Waals surface area contributed by atoms with E-state index in [1.807, 2.05) is 0 Å². The highest BCUT2D eigenvalue weighted by Crippen LogP contribution is 1.86. The first kappa shape index (κ1) is 4.97. The van der Waals surface area contributed by atoms with E-state index in [1.165, 1.54) is 0 Å². The fraction of sp³-hybridized carbons (Fsp3) is 0.333. The predicted molar refractivity (Wildman–Crippen MR) is 36.9 cm³/mol. The third-order valence-corrected chi connectivity index (χ3v) is 1.05. The Balaban J connectivity index is 3.31. The van der Waals surface area contributed by atoms with Crippen molar-refractivity contribution in [1.29, 1.82) is 0 Å². The predicted octanol–water partition coefficient (Wildman–Crippen LogP) is -0.113. The number of hydrogen-bond acceptors (Lipinski definition) is 2. The van der Waals surface area contributed by atoms with Gasteiger partial charge in [0.1, 0.15) is 13.7 Å². The molecule has 0 amide bonds. The zero-order valence-corrected chi connectivity index (χ0v) is 5.47. The molecule has 0 unspecified atom stereocenters. The highest BCUT2D eigenvalue weighted by atomic mass is 14.9. The van der Waals surface area contributed by atoms with Crippen molar-refractivity contribution in [3.05, 3.63) is 17.6 Å². The van der Waals surface area contributed by atoms with E-state index in [9.17, 15) is 0 Å². The molecular formula is C6H7BN2. The van der Waals surface area contributed by atoms with Crippen molar-refractivity contribution >= 4 is 13.4 Å². The van der Waals surface area contributed by atoms with E-state index in [4.69, 9.17) is 9.22 Å². The highest BCUT2D eigenvalue weighted by molar-refractivity contribution is 6.31. The maximum atomic E-state index is 7.27. The van der Waals surface area contributed by atoms with Crippen molar-refractivity contribution in [2.45, 2.75) is 13.8 Å². The lowest BCUT2D eigenvalue weighted by Gasteiger charge is -1.97. The quantitative estimate of drug-likeness (QED) is 0.445. The third-order valence-electron chi connectivity index (χ3n) is 1.05. The minimum atomic E-state index is 0.213. The summed E-state index contributed by atoms with van der Waals surface area (Å²) in [6, 6.07) is 0. The summed E-state index contributed by atoms with van der Waals surface area (Å²) >= 11 is 0. The first-order chi connectivity index (χ1) is 4.61. The average Bonchev–Trinajstić information content (AvgIpc) is 1.82. The van der Waals surface area contributed by atoms with Gasteiger partial charge in [-0.3, -0.25) is 0 Å². The van der Waals surface area contributed by atoms with E-state index in [0.717, 1.165) is 0 Å². The van der Waals surface area contributed by atoms with Crippen LogP contribution in [0.5, 0.6) is 0 Å². The molecule has 1 rings (SSSR count). The second-order valence-electron chi connectivity index (χ2n) is 1.89. The van der Waals surface area contributed by atoms with Crippen LogP contribution in [0, 0.1) is 13.8 Å². The molecule has 2 radical (unpaired) electrons. The number of nitrogens with zero attached hydrogens (tertiary/aromatic N) is 2. The molecule has 0 fully saturated rings. The number of aromatic nitrogens is 2. The van der Waals surface area contributed by atoms with Crippen molar-refractivity contribution in [1.82, 2.24) is 9.97 Å². The summed E-state index contributed by atoms with van der Waals surface area (Å²) in [6.07, 6.45) is 0.213. The zero-order valence-electron chi connectivity index (χ0n) is 6.47. The Hall–Kier alpha value is -0.855. The van der Waals surface area contributed by atoms with Gasteiger partial charge in [0.25, 0.3) is 0 Å². The second kappa shape index (κ2) is 2.17. The zero-order chi connectivity index (χ0) is 7.72. The van der Waals surface area contributed by atoms with Crippen LogP contribution in [0.3, 0.4) is 0 Å². The van der Waals surface area contributed by atoms with E-state index in [1.54, 1.807) is 13.8 Å². The first-order valence-electron chi connectivity index (χ1n) is 3.18. The molecule has 0 aliphatic rings. The molecule has 0 saturated heterocycles. The van der Waals surface area contributed by atoms with Crippen LogP contribution in [0.2, 0.25) is 0 Å². The van der Waals surface area contributed by atoms with E-state index in [0.29, 0.717) is 17.0 Å². The average molecular weight is 119 g/mol. The van der Waals surface area contributed by atoms with Crippen LogP contribution >= 0.6 is 0 Å². The number of aryl methyl sites for hydroxylation is 1. The molecule has 0 aliphatic carbocycles. The summed E-state index contributed by atoms with van der Waals surface area (Å²) < 4.78 is 7.27. The molecule has 1 aromatic rings. The van der Waals surface area contributed by atoms with Gasteiger partial charge in [0.2, 0.25) is 0 Å². The van der Waals surface area contributed by atoms with Gasteiger partial charge in [-0.05, 0) is 25.0 Å². The van der Waals surface area contributed by atoms with Crippen molar-refractivity contribution in [3.8, 4) is 0 Å². The molecule has 44 valence electrons. The molecule has 1 aromatic heterocycles. The largest absolute Gasteiger partial charge is 0.250 e. The summed E-state index contributed by atoms with van der Waals surface area (Å²) in [4.78, 5) is 7.69. The monoisotopic (exact) mass is 119 g/mol. The Morgan fingerprint density at radius 3 is 2.89 bits per heavy atom. The van der Waals surface area contributed by atoms with Gasteiger partial charge in [0.05, 0.1) is 1.37 Å². The normalized spacial score (nSPS) is 11.1. The Morgan fingerprint density at radius 2 is 2.33 bits per heavy atom. The van der Waals surface area contributed by atoms with E-state index >= 15 is 0 Å². The highest BCUT2D eigenvalue weighted by Gasteiger charge is 1.91. The van der Waals surface area contributed by atoms with Gasteiger partial charge in [-0.1, -0.05) is 0 Å². The van der Waals surface area contributed by atoms with Gasteiger partial charge < -0.3 is 0 Å². The summed E-state index contributed by atoms with van der Waals surface area (Å²) in [6.45, 7) is 3.45. The van der Waals surface area contributed by atoms with Gasteiger partial charge in [-0.15, -0.1) is 0 Å². The van der Waals surface area contributed by atoms with E-state index in [-0.39, 0.29) is 6.17 Å². The minimum absolute atomic E-state index is 0.213. The van der Waals surface area contributed by atoms with E-state index in [2.05, 4.69) is 9.97 Å². The van der Waals surface area contributed by atoms with Crippen LogP contribution in [-0.2, 0) is 0 Å². The third kappa shape index (κ3) is 1.28. The van der Waals surface area contributed by atoms with Crippen LogP contribution in [0.1, 0.15) is 12.8 Å². The molecule has 3 heteroatoms. The van der Waals surface area contributed by atoms with Crippen LogP contribution in [-0.4, -0.2) is 17.8 Å². The van der Waals surface area contributed by atoms with Gasteiger partial charge in [-0.2, -0.15) is 0 Å². The molecule has 0 aromatic carbocycles. The van der Waals surface area contributed by atoms with Gasteiger partial charge in [-0.25, -0.2) is 9.97 Å². The molecule has 2 nitrogen and oxygen atoms in total. The summed E-state index contributed by atoms with van der Waals surface area (Å²) in [5.41, 5.74) is 1.04. The molecular weight excluding hydrogens is 111 g/mol. The van der Waals surface area contributed by atoms with E-state index < -0.39 is 0 Å². The molecule has 0 aliphatic heterocycles. The van der Waals surface area contributed by atoms with Crippen molar-refractivity contribution in [2.75, 3.05) is 0 Å². The van der Waals surface area contributed by atoms with Crippen LogP contribution in [0.4, 0.5) is 0 Å². The van der Waals surface area contributed by atoms with Crippen molar-refractivity contribution in [2.24, 2.45) is 0 Å². The summed E-state index contributed by atoms with van der Waals surface area (Å²) in [5, 5.41) is 0. The van der Waals surface area contributed by atoms with Crippen molar-refractivity contribution < 1.29 is 1.37 Å². The first-order valence-corrected chi connectivity index (χ1v) is 2.68. The Bertz CT molecular complexity index is 239. The maximum absolute atomic E-state index is 7.27. The Morgan fingerprint density at radius 1 is 1.67 bits per heavy atom. The Labute approximate surface area is 57.2 Å². The Kier molecular flexibility index (Phi) is 1.20. The lowest BCUT2D eigenvalue weighted by Crippen LogP contribution is -2.14. The molecule has 0 N–H and O–H groups in total. The topological polar surface area (TPSA) is 25.8 Å². The van der Waals surface area contributed by atoms with Gasteiger partial charge in [0, 0.05) is 6.17 Å². The molecule has 0 atom stereocenters. The summed E-state index contributed by atoms with van der Waals surface area (Å²) in [5.74, 6) is 0.549. The molecule has 0 spiro atoms. The van der Waals surface area contributed by atoms with Crippen molar-refractivity contribution in [3.63, 3.8) is 0 Å². The van der Waals surface area contributed by atoms with Crippen LogP contribution < -0.4 is 5.59 Å². The second-order valence-corrected chi connectivity index (χ2v) is 1.89. The SMILES string of the molecule is [2H]c1nc(C)nc([B])c1C. The number of rotatable bonds is 0. The minimum Gasteiger partial charge on any atom is -0.250 e. The summed E-state index contributed by atoms with van der Waals surface area (Å²) in [7, 11) is 5.45. The van der Waals surface area contributed by atoms with Crippen LogP contribution in [0.25, 0.3) is 0 Å². The number of hydrogen-bond donors (Lipinski definition) is 0.